The van der Waals surface area contributed by atoms with Gasteiger partial charge in [-0.25, -0.2) is 9.59 Å². The summed E-state index contributed by atoms with van der Waals surface area (Å²) in [5, 5.41) is 21.8. The third-order valence-corrected chi connectivity index (χ3v) is 15.1. The molecule has 0 aliphatic heterocycles. The Balaban J connectivity index is 0.000000780. The monoisotopic (exact) mass is 1090 g/mol. The third-order valence-electron chi connectivity index (χ3n) is 15.1. The van der Waals surface area contributed by atoms with E-state index in [4.69, 9.17) is 18.9 Å². The maximum Gasteiger partial charge on any atom is 0.333 e. The van der Waals surface area contributed by atoms with Gasteiger partial charge < -0.3 is 29.2 Å². The predicted molar refractivity (Wildman–Crippen MR) is 323 cm³/mol. The second kappa shape index (κ2) is 46.9. The Hall–Kier alpha value is -3.76. The Morgan fingerprint density at radius 2 is 0.808 bits per heavy atom. The number of ether oxygens (including phenoxy) is 4. The minimum atomic E-state index is -0.522. The van der Waals surface area contributed by atoms with Crippen molar-refractivity contribution >= 4 is 23.9 Å². The Morgan fingerprint density at radius 1 is 0.436 bits per heavy atom. The fourth-order valence-electron chi connectivity index (χ4n) is 10.5. The smallest absolute Gasteiger partial charge is 0.333 e. The van der Waals surface area contributed by atoms with E-state index in [1.165, 1.54) is 89.9 Å². The predicted octanol–water partition coefficient (Wildman–Crippen LogP) is 17.6. The van der Waals surface area contributed by atoms with Crippen molar-refractivity contribution in [2.75, 3.05) is 0 Å². The summed E-state index contributed by atoms with van der Waals surface area (Å²) in [7, 11) is 0. The topological polar surface area (TPSA) is 146 Å². The van der Waals surface area contributed by atoms with Crippen molar-refractivity contribution < 1.29 is 48.3 Å². The summed E-state index contributed by atoms with van der Waals surface area (Å²) >= 11 is 0. The van der Waals surface area contributed by atoms with Crippen LogP contribution in [0.1, 0.15) is 274 Å². The van der Waals surface area contributed by atoms with Gasteiger partial charge >= 0.3 is 23.9 Å². The molecular weight excluding hydrogens is 977 g/mol. The number of esters is 4. The van der Waals surface area contributed by atoms with Gasteiger partial charge in [-0.1, -0.05) is 192 Å². The van der Waals surface area contributed by atoms with Crippen LogP contribution in [0.4, 0.5) is 0 Å². The molecule has 2 rings (SSSR count). The zero-order valence-corrected chi connectivity index (χ0v) is 51.0. The zero-order chi connectivity index (χ0) is 57.8. The number of aliphatic hydroxyl groups excluding tert-OH is 2. The molecule has 0 amide bonds. The van der Waals surface area contributed by atoms with Gasteiger partial charge in [0.25, 0.3) is 0 Å². The molecule has 2 saturated carbocycles. The molecule has 2 N–H and O–H groups in total. The first-order valence-electron chi connectivity index (χ1n) is 31.8. The van der Waals surface area contributed by atoms with Crippen molar-refractivity contribution in [1.29, 1.82) is 0 Å². The standard InChI is InChI=1S/2C34H58O5/c1-6-8-10-12-14-18-22-28(5)34(37)39-32-26-31(35)29(30(32)24-20-15-13-11-9-7-2)23-19-16-17-21-25-33(36)38-27(3)4;1-6-8-10-12-14-18-22-28(5)34(37)39-32-26-31(35)29(23-19-15-13-11-9-7-2)30(32)24-20-16-17-21-25-33(36)38-27(3)4/h16,19-20,24,27,29-32,35H,5-15,17-18,21-23,25-26H2,1-4H3;16,19-20,23,27,29-32,35H,5-15,17-18,21-22,24-26H2,1-4H3/b19-16-,24-20+;20-16-,23-19+/t29-,30-,31+,32-;29-,30-,31-,32+/m11/s1. The lowest BCUT2D eigenvalue weighted by molar-refractivity contribution is -0.148. The molecule has 0 saturated heterocycles. The van der Waals surface area contributed by atoms with E-state index < -0.39 is 12.2 Å². The lowest BCUT2D eigenvalue weighted by Crippen LogP contribution is -2.25. The highest BCUT2D eigenvalue weighted by atomic mass is 16.6. The molecule has 2 aliphatic carbocycles. The van der Waals surface area contributed by atoms with Crippen molar-refractivity contribution in [3.8, 4) is 0 Å². The maximum atomic E-state index is 12.9. The van der Waals surface area contributed by atoms with Crippen molar-refractivity contribution in [2.24, 2.45) is 23.7 Å². The van der Waals surface area contributed by atoms with Gasteiger partial charge in [0.2, 0.25) is 0 Å². The van der Waals surface area contributed by atoms with Crippen LogP contribution in [-0.2, 0) is 38.1 Å². The number of unbranched alkanes of at least 4 members (excludes halogenated alkanes) is 20. The molecule has 10 heteroatoms. The molecule has 0 aromatic rings. The molecular formula is C68H116O10. The minimum Gasteiger partial charge on any atom is -0.463 e. The first-order valence-corrected chi connectivity index (χ1v) is 31.8. The summed E-state index contributed by atoms with van der Waals surface area (Å²) in [6, 6.07) is 0. The number of hydrogen-bond acceptors (Lipinski definition) is 10. The number of carbonyl (C=O) groups excluding carboxylic acids is 4. The van der Waals surface area contributed by atoms with Crippen LogP contribution in [0.5, 0.6) is 0 Å². The average molecular weight is 1090 g/mol. The Bertz CT molecular complexity index is 1720. The fraction of sp³-hybridized carbons (Fsp3) is 0.765. The van der Waals surface area contributed by atoms with E-state index in [1.54, 1.807) is 0 Å². The summed E-state index contributed by atoms with van der Waals surface area (Å²) in [6.45, 7) is 24.3. The molecule has 0 unspecified atom stereocenters. The largest absolute Gasteiger partial charge is 0.463 e. The van der Waals surface area contributed by atoms with E-state index in [1.807, 2.05) is 27.7 Å². The number of carbonyl (C=O) groups is 4. The van der Waals surface area contributed by atoms with Gasteiger partial charge in [0, 0.05) is 54.6 Å². The van der Waals surface area contributed by atoms with Crippen LogP contribution in [0.25, 0.3) is 0 Å². The first-order chi connectivity index (χ1) is 37.6. The van der Waals surface area contributed by atoms with E-state index in [2.05, 4.69) is 89.5 Å². The van der Waals surface area contributed by atoms with Crippen molar-refractivity contribution in [1.82, 2.24) is 0 Å². The van der Waals surface area contributed by atoms with Gasteiger partial charge in [0.15, 0.2) is 0 Å². The Kier molecular flexibility index (Phi) is 43.5. The highest BCUT2D eigenvalue weighted by Crippen LogP contribution is 2.40. The highest BCUT2D eigenvalue weighted by molar-refractivity contribution is 5.88. The van der Waals surface area contributed by atoms with Crippen LogP contribution >= 0.6 is 0 Å². The average Bonchev–Trinajstić information content (AvgIpc) is 3.85. The number of hydrogen-bond donors (Lipinski definition) is 2. The molecule has 10 nitrogen and oxygen atoms in total. The molecule has 2 fully saturated rings. The van der Waals surface area contributed by atoms with Crippen molar-refractivity contribution in [3.05, 3.63) is 72.9 Å². The highest BCUT2D eigenvalue weighted by Gasteiger charge is 2.44. The normalized spacial score (nSPS) is 21.3. The molecule has 0 heterocycles. The minimum absolute atomic E-state index is 0.00341. The van der Waals surface area contributed by atoms with Gasteiger partial charge in [0.05, 0.1) is 24.4 Å². The number of allylic oxidation sites excluding steroid dienone is 6. The van der Waals surface area contributed by atoms with E-state index in [0.29, 0.717) is 49.7 Å². The summed E-state index contributed by atoms with van der Waals surface area (Å²) in [4.78, 5) is 49.2. The summed E-state index contributed by atoms with van der Waals surface area (Å²) < 4.78 is 22.3. The van der Waals surface area contributed by atoms with Crippen LogP contribution in [0.15, 0.2) is 72.9 Å². The van der Waals surface area contributed by atoms with E-state index >= 15 is 0 Å². The lowest BCUT2D eigenvalue weighted by atomic mass is 9.89. The summed E-state index contributed by atoms with van der Waals surface area (Å²) in [5.41, 5.74) is 1.08. The molecule has 0 spiro atoms. The lowest BCUT2D eigenvalue weighted by Gasteiger charge is -2.23. The molecule has 0 aromatic carbocycles. The van der Waals surface area contributed by atoms with Crippen LogP contribution in [0.2, 0.25) is 0 Å². The van der Waals surface area contributed by atoms with Crippen LogP contribution in [-0.4, -0.2) is 70.7 Å². The summed E-state index contributed by atoms with van der Waals surface area (Å²) in [6.07, 6.45) is 48.7. The van der Waals surface area contributed by atoms with Crippen LogP contribution in [0, 0.1) is 23.7 Å². The molecule has 0 radical (unpaired) electrons. The molecule has 78 heavy (non-hydrogen) atoms. The Labute approximate surface area is 477 Å². The van der Waals surface area contributed by atoms with Gasteiger partial charge in [-0.2, -0.15) is 0 Å². The zero-order valence-electron chi connectivity index (χ0n) is 51.0. The third kappa shape index (κ3) is 35.1. The molecule has 0 bridgehead atoms. The van der Waals surface area contributed by atoms with Gasteiger partial charge in [0.1, 0.15) is 12.2 Å². The molecule has 8 atom stereocenters. The molecule has 2 aliphatic rings. The van der Waals surface area contributed by atoms with Crippen molar-refractivity contribution in [2.45, 2.75) is 310 Å². The van der Waals surface area contributed by atoms with Crippen LogP contribution in [0.3, 0.4) is 0 Å². The first kappa shape index (κ1) is 72.3. The van der Waals surface area contributed by atoms with E-state index in [9.17, 15) is 29.4 Å². The van der Waals surface area contributed by atoms with E-state index in [-0.39, 0.29) is 72.0 Å². The maximum absolute atomic E-state index is 12.9. The van der Waals surface area contributed by atoms with Gasteiger partial charge in [-0.3, -0.25) is 9.59 Å². The van der Waals surface area contributed by atoms with Gasteiger partial charge in [-0.05, 0) is 124 Å². The quantitative estimate of drug-likeness (QED) is 0.0199. The Morgan fingerprint density at radius 3 is 1.26 bits per heavy atom. The molecule has 448 valence electrons. The SMILES string of the molecule is C=C(CCCCCCCC)C(=O)O[C@@H]1C[C@H](O)[C@H](C/C=C\CCCC(=O)OC(C)C)[C@H]1/C=C/CCCCCC.C=C(CCCCCCCC)C(=O)O[C@H]1C[C@@H](O)[C@H](/C=C/CCCCCC)[C@H]1C/C=C\CCCC(=O)OC(C)C. The second-order valence-electron chi connectivity index (χ2n) is 23.0. The van der Waals surface area contributed by atoms with Crippen molar-refractivity contribution in [3.63, 3.8) is 0 Å². The second-order valence-corrected chi connectivity index (χ2v) is 23.0. The fourth-order valence-corrected chi connectivity index (χ4v) is 10.5. The number of aliphatic hydroxyl groups is 2. The van der Waals surface area contributed by atoms with Gasteiger partial charge in [-0.15, -0.1) is 0 Å². The number of rotatable bonds is 44. The van der Waals surface area contributed by atoms with Crippen LogP contribution < -0.4 is 0 Å². The molecule has 0 aromatic heterocycles. The summed E-state index contributed by atoms with van der Waals surface area (Å²) in [5.74, 6) is -0.960. The van der Waals surface area contributed by atoms with E-state index in [0.717, 1.165) is 89.9 Å².